The Morgan fingerprint density at radius 3 is 2.29 bits per heavy atom. The number of hydrogen-bond acceptors (Lipinski definition) is 6. The maximum Gasteiger partial charge on any atom is 0.240 e. The molecule has 0 aliphatic carbocycles. The molecule has 0 aromatic heterocycles. The van der Waals surface area contributed by atoms with Gasteiger partial charge in [0.25, 0.3) is 0 Å². The van der Waals surface area contributed by atoms with Gasteiger partial charge < -0.3 is 14.4 Å². The highest BCUT2D eigenvalue weighted by atomic mass is 35.5. The number of fused-ring (bicyclic) bond motifs is 5. The predicted octanol–water partition coefficient (Wildman–Crippen LogP) is 5.41. The van der Waals surface area contributed by atoms with E-state index in [1.54, 1.807) is 18.2 Å². The number of halogens is 2. The standard InChI is InChI=1S/C29H22Cl2N2O5/c1-37-19-7-8-22(38-2)21(14-19)27(34)26-24-23(25-20-6-4-3-5-15(20)9-10-32(25)26)28(35)33(29(24)36)18-12-16(30)11-17(31)13-18/h3-14,23-26H,1-2H3. The lowest BCUT2D eigenvalue weighted by molar-refractivity contribution is -0.123. The highest BCUT2D eigenvalue weighted by Crippen LogP contribution is 2.54. The largest absolute Gasteiger partial charge is 0.497 e. The Bertz CT molecular complexity index is 1520. The van der Waals surface area contributed by atoms with Crippen LogP contribution in [0.5, 0.6) is 11.5 Å². The Hall–Kier alpha value is -3.81. The summed E-state index contributed by atoms with van der Waals surface area (Å²) in [6.07, 6.45) is 3.71. The fraction of sp³-hybridized carbons (Fsp3) is 0.207. The molecule has 3 heterocycles. The first-order valence-corrected chi connectivity index (χ1v) is 12.7. The Morgan fingerprint density at radius 1 is 0.868 bits per heavy atom. The number of carbonyl (C=O) groups excluding carboxylic acids is 3. The quantitative estimate of drug-likeness (QED) is 0.313. The lowest BCUT2D eigenvalue weighted by Gasteiger charge is -2.35. The molecule has 9 heteroatoms. The number of carbonyl (C=O) groups is 3. The summed E-state index contributed by atoms with van der Waals surface area (Å²) in [5.41, 5.74) is 2.37. The highest BCUT2D eigenvalue weighted by Gasteiger charge is 2.64. The van der Waals surface area contributed by atoms with Crippen LogP contribution >= 0.6 is 23.2 Å². The second-order valence-electron chi connectivity index (χ2n) is 9.40. The minimum atomic E-state index is -0.952. The molecule has 38 heavy (non-hydrogen) atoms. The Morgan fingerprint density at radius 2 is 1.58 bits per heavy atom. The number of imide groups is 1. The molecule has 7 nitrogen and oxygen atoms in total. The third kappa shape index (κ3) is 3.61. The molecule has 3 aliphatic rings. The fourth-order valence-corrected chi connectivity index (χ4v) is 6.46. The van der Waals surface area contributed by atoms with Crippen molar-refractivity contribution in [1.82, 2.24) is 4.90 Å². The van der Waals surface area contributed by atoms with Crippen molar-refractivity contribution >= 4 is 52.6 Å². The molecule has 192 valence electrons. The zero-order valence-electron chi connectivity index (χ0n) is 20.4. The van der Waals surface area contributed by atoms with Crippen molar-refractivity contribution < 1.29 is 23.9 Å². The van der Waals surface area contributed by atoms with Crippen LogP contribution in [-0.4, -0.2) is 42.8 Å². The number of rotatable bonds is 5. The van der Waals surface area contributed by atoms with E-state index in [1.807, 2.05) is 41.4 Å². The van der Waals surface area contributed by atoms with Gasteiger partial charge in [0, 0.05) is 16.2 Å². The van der Waals surface area contributed by atoms with Crippen molar-refractivity contribution in [3.05, 3.63) is 93.6 Å². The number of nitrogens with zero attached hydrogens (tertiary/aromatic N) is 2. The molecule has 2 saturated heterocycles. The maximum absolute atomic E-state index is 14.3. The Labute approximate surface area is 229 Å². The van der Waals surface area contributed by atoms with Gasteiger partial charge in [-0.15, -0.1) is 0 Å². The number of Topliss-reactive ketones (excluding diaryl/α,β-unsaturated/α-hetero) is 1. The Balaban J connectivity index is 1.52. The zero-order valence-corrected chi connectivity index (χ0v) is 21.9. The van der Waals surface area contributed by atoms with Gasteiger partial charge in [-0.3, -0.25) is 14.4 Å². The first-order chi connectivity index (χ1) is 18.3. The van der Waals surface area contributed by atoms with E-state index >= 15 is 0 Å². The van der Waals surface area contributed by atoms with Gasteiger partial charge in [0.15, 0.2) is 5.78 Å². The topological polar surface area (TPSA) is 76.1 Å². The molecule has 3 aromatic carbocycles. The second kappa shape index (κ2) is 9.19. The molecule has 4 unspecified atom stereocenters. The molecule has 3 aliphatic heterocycles. The maximum atomic E-state index is 14.3. The monoisotopic (exact) mass is 548 g/mol. The molecule has 2 fully saturated rings. The summed E-state index contributed by atoms with van der Waals surface area (Å²) in [5, 5.41) is 0.595. The molecular formula is C29H22Cl2N2O5. The van der Waals surface area contributed by atoms with Gasteiger partial charge in [-0.25, -0.2) is 4.90 Å². The molecule has 6 rings (SSSR count). The molecule has 0 spiro atoms. The predicted molar refractivity (Wildman–Crippen MR) is 144 cm³/mol. The summed E-state index contributed by atoms with van der Waals surface area (Å²) in [6, 6.07) is 15.8. The molecular weight excluding hydrogens is 527 g/mol. The highest BCUT2D eigenvalue weighted by molar-refractivity contribution is 6.36. The molecule has 3 aromatic rings. The van der Waals surface area contributed by atoms with Crippen LogP contribution in [0.2, 0.25) is 10.0 Å². The summed E-state index contributed by atoms with van der Waals surface area (Å²) in [4.78, 5) is 45.3. The molecule has 0 saturated carbocycles. The van der Waals surface area contributed by atoms with Crippen molar-refractivity contribution in [2.24, 2.45) is 11.8 Å². The SMILES string of the molecule is COc1ccc(OC)c(C(=O)C2C3C(=O)N(c4cc(Cl)cc(Cl)c4)C(=O)C3C3c4ccccc4C=CN23)c1. The van der Waals surface area contributed by atoms with Crippen LogP contribution in [-0.2, 0) is 9.59 Å². The van der Waals surface area contributed by atoms with Crippen LogP contribution in [0, 0.1) is 11.8 Å². The van der Waals surface area contributed by atoms with Crippen molar-refractivity contribution in [3.8, 4) is 11.5 Å². The van der Waals surface area contributed by atoms with Gasteiger partial charge in [0.1, 0.15) is 17.5 Å². The normalized spacial score (nSPS) is 23.3. The molecule has 0 bridgehead atoms. The lowest BCUT2D eigenvalue weighted by Crippen LogP contribution is -2.44. The van der Waals surface area contributed by atoms with E-state index in [2.05, 4.69) is 0 Å². The van der Waals surface area contributed by atoms with Crippen molar-refractivity contribution in [2.45, 2.75) is 12.1 Å². The summed E-state index contributed by atoms with van der Waals surface area (Å²) >= 11 is 12.4. The number of hydrogen-bond donors (Lipinski definition) is 0. The van der Waals surface area contributed by atoms with E-state index in [0.29, 0.717) is 21.5 Å². The summed E-state index contributed by atoms with van der Waals surface area (Å²) in [7, 11) is 2.99. The minimum Gasteiger partial charge on any atom is -0.497 e. The molecule has 0 N–H and O–H groups in total. The van der Waals surface area contributed by atoms with E-state index in [9.17, 15) is 14.4 Å². The Kier molecular flexibility index (Phi) is 5.93. The first-order valence-electron chi connectivity index (χ1n) is 12.0. The van der Waals surface area contributed by atoms with Crippen molar-refractivity contribution in [3.63, 3.8) is 0 Å². The van der Waals surface area contributed by atoms with E-state index < -0.39 is 35.7 Å². The number of ketones is 1. The third-order valence-corrected chi connectivity index (χ3v) is 7.94. The van der Waals surface area contributed by atoms with Crippen LogP contribution in [0.15, 0.2) is 66.9 Å². The average Bonchev–Trinajstić information content (AvgIpc) is 3.39. The number of amides is 2. The minimum absolute atomic E-state index is 0.271. The third-order valence-electron chi connectivity index (χ3n) is 7.51. The second-order valence-corrected chi connectivity index (χ2v) is 10.3. The summed E-state index contributed by atoms with van der Waals surface area (Å²) in [5.74, 6) is -2.11. The van der Waals surface area contributed by atoms with E-state index in [4.69, 9.17) is 32.7 Å². The first kappa shape index (κ1) is 24.5. The van der Waals surface area contributed by atoms with Crippen LogP contribution < -0.4 is 14.4 Å². The molecule has 4 atom stereocenters. The zero-order chi connectivity index (χ0) is 26.7. The van der Waals surface area contributed by atoms with Crippen LogP contribution in [0.3, 0.4) is 0 Å². The van der Waals surface area contributed by atoms with Crippen LogP contribution in [0.4, 0.5) is 5.69 Å². The van der Waals surface area contributed by atoms with Gasteiger partial charge in [0.05, 0.1) is 43.3 Å². The van der Waals surface area contributed by atoms with E-state index in [0.717, 1.165) is 16.0 Å². The molecule has 2 amide bonds. The lowest BCUT2D eigenvalue weighted by atomic mass is 9.83. The smallest absolute Gasteiger partial charge is 0.240 e. The number of anilines is 1. The van der Waals surface area contributed by atoms with Crippen LogP contribution in [0.1, 0.15) is 27.5 Å². The fourth-order valence-electron chi connectivity index (χ4n) is 5.95. The summed E-state index contributed by atoms with van der Waals surface area (Å²) < 4.78 is 10.8. The van der Waals surface area contributed by atoms with Gasteiger partial charge >= 0.3 is 0 Å². The number of methoxy groups -OCH3 is 2. The molecule has 0 radical (unpaired) electrons. The van der Waals surface area contributed by atoms with E-state index in [1.165, 1.54) is 32.4 Å². The van der Waals surface area contributed by atoms with Crippen molar-refractivity contribution in [1.29, 1.82) is 0 Å². The van der Waals surface area contributed by atoms with Gasteiger partial charge in [0.2, 0.25) is 11.8 Å². The number of benzene rings is 3. The number of ether oxygens (including phenoxy) is 2. The van der Waals surface area contributed by atoms with Gasteiger partial charge in [-0.1, -0.05) is 47.5 Å². The van der Waals surface area contributed by atoms with Gasteiger partial charge in [-0.05, 0) is 53.6 Å². The average molecular weight is 549 g/mol. The summed E-state index contributed by atoms with van der Waals surface area (Å²) in [6.45, 7) is 0. The van der Waals surface area contributed by atoms with E-state index in [-0.39, 0.29) is 17.0 Å². The van der Waals surface area contributed by atoms with Crippen molar-refractivity contribution in [2.75, 3.05) is 19.1 Å². The van der Waals surface area contributed by atoms with Crippen LogP contribution in [0.25, 0.3) is 6.08 Å². The van der Waals surface area contributed by atoms with Gasteiger partial charge in [-0.2, -0.15) is 0 Å².